The molecule has 202 valence electrons. The van der Waals surface area contributed by atoms with Crippen molar-refractivity contribution in [1.29, 1.82) is 0 Å². The van der Waals surface area contributed by atoms with Crippen LogP contribution in [-0.2, 0) is 4.74 Å². The molecule has 8 unspecified atom stereocenters. The van der Waals surface area contributed by atoms with Gasteiger partial charge in [-0.2, -0.15) is 0 Å². The average molecular weight is 480 g/mol. The maximum Gasteiger partial charge on any atom is 0.0351 e. The minimum atomic E-state index is 0.636. The summed E-state index contributed by atoms with van der Waals surface area (Å²) in [5.74, 6) is 7.69. The lowest BCUT2D eigenvalue weighted by Crippen LogP contribution is -2.54. The molecule has 9 atom stereocenters. The number of fused-ring (bicyclic) bond motifs is 5. The zero-order valence-electron chi connectivity index (χ0n) is 24.2. The second-order valence-corrected chi connectivity index (χ2v) is 13.5. The van der Waals surface area contributed by atoms with E-state index < -0.39 is 0 Å². The fourth-order valence-corrected chi connectivity index (χ4v) is 9.59. The van der Waals surface area contributed by atoms with Crippen molar-refractivity contribution in [3.8, 4) is 0 Å². The molecule has 3 nitrogen and oxygen atoms in total. The van der Waals surface area contributed by atoms with Gasteiger partial charge in [0.05, 0.1) is 0 Å². The lowest BCUT2D eigenvalue weighted by atomic mass is 9.44. The van der Waals surface area contributed by atoms with Crippen molar-refractivity contribution < 1.29 is 9.84 Å². The summed E-state index contributed by atoms with van der Waals surface area (Å²) in [5, 5.41) is 7.00. The Morgan fingerprint density at radius 3 is 2.09 bits per heavy atom. The van der Waals surface area contributed by atoms with Gasteiger partial charge in [-0.15, -0.1) is 0 Å². The van der Waals surface area contributed by atoms with E-state index in [1.807, 2.05) is 0 Å². The van der Waals surface area contributed by atoms with Crippen LogP contribution in [0.15, 0.2) is 0 Å². The van der Waals surface area contributed by atoms with Crippen LogP contribution < -0.4 is 5.73 Å². The molecule has 0 saturated heterocycles. The highest BCUT2D eigenvalue weighted by Gasteiger charge is 2.60. The third-order valence-corrected chi connectivity index (χ3v) is 11.3. The highest BCUT2D eigenvalue weighted by molar-refractivity contribution is 5.09. The Kier molecular flexibility index (Phi) is 11.9. The summed E-state index contributed by atoms with van der Waals surface area (Å²) in [4.78, 5) is 0. The SMILES string of the molecule is CC(C)CCC[C@@H](C)C1CCC2C3CCC4CC(CN)CCC4(C)C3CCC21C.CO.COC. The smallest absolute Gasteiger partial charge is 0.0351 e. The van der Waals surface area contributed by atoms with Gasteiger partial charge >= 0.3 is 0 Å². The molecule has 0 heterocycles. The summed E-state index contributed by atoms with van der Waals surface area (Å²) in [6.07, 6.45) is 17.8. The number of aliphatic hydroxyl groups is 1. The molecule has 0 spiro atoms. The Bertz CT molecular complexity index is 580. The maximum atomic E-state index is 7.00. The quantitative estimate of drug-likeness (QED) is 0.413. The normalized spacial score (nSPS) is 41.7. The Hall–Kier alpha value is -0.120. The summed E-state index contributed by atoms with van der Waals surface area (Å²) in [6, 6.07) is 0. The first-order valence-electron chi connectivity index (χ1n) is 14.8. The number of nitrogens with two attached hydrogens (primary N) is 1. The van der Waals surface area contributed by atoms with Crippen LogP contribution in [0.2, 0.25) is 0 Å². The molecule has 4 aliphatic carbocycles. The first-order chi connectivity index (χ1) is 16.2. The molecule has 4 fully saturated rings. The predicted molar refractivity (Wildman–Crippen MR) is 147 cm³/mol. The average Bonchev–Trinajstić information content (AvgIpc) is 3.17. The Labute approximate surface area is 213 Å². The molecule has 4 aliphatic rings. The van der Waals surface area contributed by atoms with Crippen molar-refractivity contribution in [2.24, 2.45) is 63.9 Å². The van der Waals surface area contributed by atoms with Crippen molar-refractivity contribution in [3.05, 3.63) is 0 Å². The molecule has 0 aromatic rings. The molecule has 0 aliphatic heterocycles. The molecule has 0 aromatic heterocycles. The maximum absolute atomic E-state index is 7.00. The fourth-order valence-electron chi connectivity index (χ4n) is 9.59. The van der Waals surface area contributed by atoms with E-state index in [0.717, 1.165) is 61.0 Å². The summed E-state index contributed by atoms with van der Waals surface area (Å²) in [6.45, 7) is 13.8. The molecule has 0 aromatic carbocycles. The number of aliphatic hydroxyl groups excluding tert-OH is 1. The summed E-state index contributed by atoms with van der Waals surface area (Å²) in [7, 11) is 4.25. The number of methoxy groups -OCH3 is 1. The second kappa shape index (κ2) is 13.4. The third kappa shape index (κ3) is 6.23. The molecule has 0 bridgehead atoms. The number of hydrogen-bond donors (Lipinski definition) is 2. The van der Waals surface area contributed by atoms with Crippen LogP contribution in [0.25, 0.3) is 0 Å². The van der Waals surface area contributed by atoms with Gasteiger partial charge in [-0.25, -0.2) is 0 Å². The Balaban J connectivity index is 0.000000758. The lowest BCUT2D eigenvalue weighted by molar-refractivity contribution is -0.120. The zero-order valence-corrected chi connectivity index (χ0v) is 24.2. The molecular weight excluding hydrogens is 418 g/mol. The fraction of sp³-hybridized carbons (Fsp3) is 1.00. The van der Waals surface area contributed by atoms with E-state index in [0.29, 0.717) is 10.8 Å². The summed E-state index contributed by atoms with van der Waals surface area (Å²) < 4.78 is 4.25. The van der Waals surface area contributed by atoms with Crippen LogP contribution in [0.5, 0.6) is 0 Å². The van der Waals surface area contributed by atoms with Crippen molar-refractivity contribution in [2.45, 2.75) is 112 Å². The van der Waals surface area contributed by atoms with Gasteiger partial charge in [0.2, 0.25) is 0 Å². The van der Waals surface area contributed by atoms with E-state index in [9.17, 15) is 0 Å². The van der Waals surface area contributed by atoms with E-state index in [4.69, 9.17) is 10.8 Å². The Morgan fingerprint density at radius 1 is 0.853 bits per heavy atom. The van der Waals surface area contributed by atoms with Gasteiger partial charge in [0, 0.05) is 21.3 Å². The van der Waals surface area contributed by atoms with Crippen LogP contribution in [0, 0.1) is 58.2 Å². The Morgan fingerprint density at radius 2 is 1.47 bits per heavy atom. The first kappa shape index (κ1) is 30.1. The van der Waals surface area contributed by atoms with Crippen LogP contribution >= 0.6 is 0 Å². The summed E-state index contributed by atoms with van der Waals surface area (Å²) >= 11 is 0. The molecule has 3 heteroatoms. The molecule has 0 radical (unpaired) electrons. The van der Waals surface area contributed by atoms with E-state index in [2.05, 4.69) is 39.4 Å². The third-order valence-electron chi connectivity index (χ3n) is 11.3. The lowest BCUT2D eigenvalue weighted by Gasteiger charge is -2.61. The predicted octanol–water partition coefficient (Wildman–Crippen LogP) is 7.55. The molecule has 34 heavy (non-hydrogen) atoms. The van der Waals surface area contributed by atoms with Crippen LogP contribution in [0.1, 0.15) is 112 Å². The van der Waals surface area contributed by atoms with Gasteiger partial charge in [-0.05, 0) is 123 Å². The van der Waals surface area contributed by atoms with Gasteiger partial charge < -0.3 is 15.6 Å². The van der Waals surface area contributed by atoms with Crippen LogP contribution in [0.4, 0.5) is 0 Å². The van der Waals surface area contributed by atoms with Gasteiger partial charge in [0.15, 0.2) is 0 Å². The van der Waals surface area contributed by atoms with E-state index in [1.165, 1.54) is 70.6 Å². The largest absolute Gasteiger partial charge is 0.400 e. The van der Waals surface area contributed by atoms with Crippen molar-refractivity contribution >= 4 is 0 Å². The minimum Gasteiger partial charge on any atom is -0.400 e. The first-order valence-corrected chi connectivity index (χ1v) is 14.8. The molecule has 0 amide bonds. The minimum absolute atomic E-state index is 0.636. The molecule has 3 N–H and O–H groups in total. The summed E-state index contributed by atoms with van der Waals surface area (Å²) in [5.41, 5.74) is 7.37. The molecule has 4 rings (SSSR count). The van der Waals surface area contributed by atoms with Crippen molar-refractivity contribution in [2.75, 3.05) is 27.9 Å². The number of hydrogen-bond acceptors (Lipinski definition) is 3. The van der Waals surface area contributed by atoms with E-state index >= 15 is 0 Å². The van der Waals surface area contributed by atoms with Crippen LogP contribution in [0.3, 0.4) is 0 Å². The van der Waals surface area contributed by atoms with Crippen LogP contribution in [-0.4, -0.2) is 33.0 Å². The van der Waals surface area contributed by atoms with Crippen molar-refractivity contribution in [1.82, 2.24) is 0 Å². The monoisotopic (exact) mass is 479 g/mol. The van der Waals surface area contributed by atoms with Gasteiger partial charge in [-0.3, -0.25) is 0 Å². The zero-order chi connectivity index (χ0) is 25.5. The number of rotatable bonds is 6. The van der Waals surface area contributed by atoms with Gasteiger partial charge in [0.25, 0.3) is 0 Å². The molecular formula is C31H61NO2. The van der Waals surface area contributed by atoms with Crippen molar-refractivity contribution in [3.63, 3.8) is 0 Å². The van der Waals surface area contributed by atoms with E-state index in [1.54, 1.807) is 20.6 Å². The van der Waals surface area contributed by atoms with Gasteiger partial charge in [-0.1, -0.05) is 53.9 Å². The highest BCUT2D eigenvalue weighted by Crippen LogP contribution is 2.68. The standard InChI is InChI=1S/C28H51N.C2H6O.CH4O/c1-19(2)7-6-8-20(3)24-11-12-25-23-10-9-22-17-21(18-29)13-15-27(22,4)26(23)14-16-28(24,25)5;1-3-2;1-2/h19-26H,6-18,29H2,1-5H3;1-2H3;2H,1H3/t20-,21?,22?,23?,24?,25?,26?,27?,28?;;/m1../s1. The van der Waals surface area contributed by atoms with Gasteiger partial charge in [0.1, 0.15) is 0 Å². The molecule has 4 saturated carbocycles. The number of ether oxygens (including phenoxy) is 1. The highest BCUT2D eigenvalue weighted by atomic mass is 16.4. The topological polar surface area (TPSA) is 55.5 Å². The van der Waals surface area contributed by atoms with E-state index in [-0.39, 0.29) is 0 Å². The second-order valence-electron chi connectivity index (χ2n) is 13.5.